The van der Waals surface area contributed by atoms with Crippen molar-refractivity contribution in [2.24, 2.45) is 0 Å². The maximum atomic E-state index is 12.8. The van der Waals surface area contributed by atoms with E-state index < -0.39 is 23.8 Å². The van der Waals surface area contributed by atoms with Crippen LogP contribution in [0.3, 0.4) is 0 Å². The van der Waals surface area contributed by atoms with E-state index in [0.717, 1.165) is 4.90 Å². The molecule has 0 radical (unpaired) electrons. The molecule has 0 atom stereocenters. The number of barbiturate groups is 1. The van der Waals surface area contributed by atoms with Crippen molar-refractivity contribution in [1.82, 2.24) is 5.32 Å². The molecule has 1 saturated heterocycles. The summed E-state index contributed by atoms with van der Waals surface area (Å²) in [5.74, 6) is -1.76. The second-order valence-corrected chi connectivity index (χ2v) is 5.92. The lowest BCUT2D eigenvalue weighted by molar-refractivity contribution is -0.122. The molecule has 0 aliphatic carbocycles. The van der Waals surface area contributed by atoms with E-state index in [2.05, 4.69) is 5.32 Å². The number of carbonyl (C=O) groups excluding carboxylic acids is 3. The largest absolute Gasteiger partial charge is 0.478 e. The number of imide groups is 2. The predicted octanol–water partition coefficient (Wildman–Crippen LogP) is 1.78. The van der Waals surface area contributed by atoms with Crippen LogP contribution in [0.15, 0.2) is 48.0 Å². The van der Waals surface area contributed by atoms with Gasteiger partial charge in [0, 0.05) is 0 Å². The van der Waals surface area contributed by atoms with Gasteiger partial charge in [-0.05, 0) is 48.0 Å². The molecule has 2 aliphatic rings. The van der Waals surface area contributed by atoms with Gasteiger partial charge in [-0.25, -0.2) is 14.5 Å². The Kier molecular flexibility index (Phi) is 4.04. The Hall–Kier alpha value is -4.14. The summed E-state index contributed by atoms with van der Waals surface area (Å²) in [7, 11) is 0. The van der Waals surface area contributed by atoms with Gasteiger partial charge in [0.1, 0.15) is 5.57 Å². The molecule has 0 aromatic heterocycles. The molecule has 0 bridgehead atoms. The van der Waals surface area contributed by atoms with Crippen LogP contribution < -0.4 is 19.7 Å². The van der Waals surface area contributed by atoms with Crippen LogP contribution in [-0.2, 0) is 9.59 Å². The highest BCUT2D eigenvalue weighted by Crippen LogP contribution is 2.33. The third-order valence-electron chi connectivity index (χ3n) is 4.18. The van der Waals surface area contributed by atoms with Gasteiger partial charge in [0.15, 0.2) is 11.5 Å². The number of hydrogen-bond donors (Lipinski definition) is 2. The normalized spacial score (nSPS) is 17.1. The Bertz CT molecular complexity index is 1060. The smallest absolute Gasteiger partial charge is 0.335 e. The molecule has 28 heavy (non-hydrogen) atoms. The minimum Gasteiger partial charge on any atom is -0.478 e. The quantitative estimate of drug-likeness (QED) is 0.615. The first-order valence-corrected chi connectivity index (χ1v) is 8.08. The summed E-state index contributed by atoms with van der Waals surface area (Å²) in [4.78, 5) is 48.9. The molecule has 2 N–H and O–H groups in total. The zero-order chi connectivity index (χ0) is 19.8. The highest BCUT2D eigenvalue weighted by molar-refractivity contribution is 6.39. The van der Waals surface area contributed by atoms with Crippen LogP contribution in [0.1, 0.15) is 15.9 Å². The number of carboxylic acids is 1. The van der Waals surface area contributed by atoms with Crippen LogP contribution in [0.4, 0.5) is 10.5 Å². The number of nitrogens with one attached hydrogen (secondary N) is 1. The van der Waals surface area contributed by atoms with E-state index in [1.807, 2.05) is 0 Å². The van der Waals surface area contributed by atoms with E-state index in [0.29, 0.717) is 17.1 Å². The van der Waals surface area contributed by atoms with Crippen molar-refractivity contribution in [2.75, 3.05) is 11.7 Å². The first-order chi connectivity index (χ1) is 13.4. The second kappa shape index (κ2) is 6.54. The molecule has 1 fully saturated rings. The number of fused-ring (bicyclic) bond motifs is 1. The SMILES string of the molecule is O=C1NC(=O)N(c2ccc(C(=O)O)cc2)C(=O)/C1=C\c1ccc2c(c1)OCO2. The van der Waals surface area contributed by atoms with E-state index in [-0.39, 0.29) is 23.6 Å². The van der Waals surface area contributed by atoms with Gasteiger partial charge in [0.05, 0.1) is 11.3 Å². The Morgan fingerprint density at radius 3 is 2.46 bits per heavy atom. The van der Waals surface area contributed by atoms with Crippen LogP contribution in [0.2, 0.25) is 0 Å². The predicted molar refractivity (Wildman–Crippen MR) is 95.0 cm³/mol. The minimum atomic E-state index is -1.14. The number of aromatic carboxylic acids is 1. The summed E-state index contributed by atoms with van der Waals surface area (Å²) in [6.07, 6.45) is 1.34. The van der Waals surface area contributed by atoms with E-state index in [9.17, 15) is 19.2 Å². The molecule has 2 heterocycles. The molecule has 0 unspecified atom stereocenters. The molecular formula is C19H12N2O7. The molecule has 140 valence electrons. The third kappa shape index (κ3) is 2.94. The lowest BCUT2D eigenvalue weighted by Gasteiger charge is -2.26. The number of benzene rings is 2. The average molecular weight is 380 g/mol. The number of urea groups is 1. The first kappa shape index (κ1) is 17.3. The molecule has 9 nitrogen and oxygen atoms in total. The fourth-order valence-corrected chi connectivity index (χ4v) is 2.81. The molecular weight excluding hydrogens is 368 g/mol. The zero-order valence-electron chi connectivity index (χ0n) is 14.2. The van der Waals surface area contributed by atoms with Gasteiger partial charge in [-0.3, -0.25) is 14.9 Å². The van der Waals surface area contributed by atoms with Gasteiger partial charge in [0.25, 0.3) is 11.8 Å². The average Bonchev–Trinajstić information content (AvgIpc) is 3.13. The van der Waals surface area contributed by atoms with Gasteiger partial charge < -0.3 is 14.6 Å². The summed E-state index contributed by atoms with van der Waals surface area (Å²) in [5.41, 5.74) is 0.399. The molecule has 2 aromatic rings. The molecule has 0 saturated carbocycles. The van der Waals surface area contributed by atoms with Crippen molar-refractivity contribution < 1.29 is 33.8 Å². The van der Waals surface area contributed by atoms with Crippen molar-refractivity contribution in [3.8, 4) is 11.5 Å². The lowest BCUT2D eigenvalue weighted by atomic mass is 10.1. The fourth-order valence-electron chi connectivity index (χ4n) is 2.81. The number of rotatable bonds is 3. The second-order valence-electron chi connectivity index (χ2n) is 5.92. The highest BCUT2D eigenvalue weighted by Gasteiger charge is 2.36. The molecule has 2 aliphatic heterocycles. The monoisotopic (exact) mass is 380 g/mol. The molecule has 9 heteroatoms. The van der Waals surface area contributed by atoms with E-state index in [4.69, 9.17) is 14.6 Å². The zero-order valence-corrected chi connectivity index (χ0v) is 14.2. The maximum Gasteiger partial charge on any atom is 0.335 e. The van der Waals surface area contributed by atoms with Gasteiger partial charge in [0.2, 0.25) is 6.79 Å². The van der Waals surface area contributed by atoms with Crippen molar-refractivity contribution in [2.45, 2.75) is 0 Å². The van der Waals surface area contributed by atoms with Crippen molar-refractivity contribution in [1.29, 1.82) is 0 Å². The number of anilines is 1. The van der Waals surface area contributed by atoms with Crippen LogP contribution in [0, 0.1) is 0 Å². The number of carboxylic acid groups (broad SMARTS) is 1. The van der Waals surface area contributed by atoms with Crippen molar-refractivity contribution in [3.63, 3.8) is 0 Å². The Balaban J connectivity index is 1.68. The Morgan fingerprint density at radius 1 is 1.04 bits per heavy atom. The van der Waals surface area contributed by atoms with Crippen LogP contribution in [0.5, 0.6) is 11.5 Å². The van der Waals surface area contributed by atoms with Gasteiger partial charge in [-0.15, -0.1) is 0 Å². The molecule has 4 rings (SSSR count). The van der Waals surface area contributed by atoms with Crippen molar-refractivity contribution >= 4 is 35.6 Å². The third-order valence-corrected chi connectivity index (χ3v) is 4.18. The summed E-state index contributed by atoms with van der Waals surface area (Å²) in [6, 6.07) is 9.13. The summed E-state index contributed by atoms with van der Waals surface area (Å²) < 4.78 is 10.5. The van der Waals surface area contributed by atoms with Crippen LogP contribution >= 0.6 is 0 Å². The van der Waals surface area contributed by atoms with E-state index in [1.54, 1.807) is 18.2 Å². The number of hydrogen-bond acceptors (Lipinski definition) is 6. The van der Waals surface area contributed by atoms with Crippen LogP contribution in [-0.4, -0.2) is 35.7 Å². The number of carbonyl (C=O) groups is 4. The Morgan fingerprint density at radius 2 is 1.75 bits per heavy atom. The topological polar surface area (TPSA) is 122 Å². The summed E-state index contributed by atoms with van der Waals surface area (Å²) in [5, 5.41) is 11.1. The van der Waals surface area contributed by atoms with E-state index in [1.165, 1.54) is 30.3 Å². The molecule has 0 spiro atoms. The van der Waals surface area contributed by atoms with Crippen molar-refractivity contribution in [3.05, 3.63) is 59.2 Å². The maximum absolute atomic E-state index is 12.8. The summed E-state index contributed by atoms with van der Waals surface area (Å²) in [6.45, 7) is 0.0867. The van der Waals surface area contributed by atoms with Gasteiger partial charge in [-0.2, -0.15) is 0 Å². The Labute approximate surface area is 157 Å². The molecule has 2 aromatic carbocycles. The van der Waals surface area contributed by atoms with Gasteiger partial charge in [-0.1, -0.05) is 6.07 Å². The van der Waals surface area contributed by atoms with E-state index >= 15 is 0 Å². The standard InChI is InChI=1S/C19H12N2O7/c22-16-13(7-10-1-6-14-15(8-10)28-9-27-14)17(23)21(19(26)20-16)12-4-2-11(3-5-12)18(24)25/h1-8H,9H2,(H,24,25)(H,20,22,26)/b13-7-. The molecule has 4 amide bonds. The number of amides is 4. The van der Waals surface area contributed by atoms with Crippen LogP contribution in [0.25, 0.3) is 6.08 Å². The first-order valence-electron chi connectivity index (χ1n) is 8.08. The number of nitrogens with zero attached hydrogens (tertiary/aromatic N) is 1. The highest BCUT2D eigenvalue weighted by atomic mass is 16.7. The summed E-state index contributed by atoms with van der Waals surface area (Å²) >= 11 is 0. The van der Waals surface area contributed by atoms with Gasteiger partial charge >= 0.3 is 12.0 Å². The minimum absolute atomic E-state index is 0.000758. The number of ether oxygens (including phenoxy) is 2. The fraction of sp³-hybridized carbons (Fsp3) is 0.0526. The lowest BCUT2D eigenvalue weighted by Crippen LogP contribution is -2.54.